The predicted molar refractivity (Wildman–Crippen MR) is 131 cm³/mol. The van der Waals surface area contributed by atoms with Crippen molar-refractivity contribution in [2.24, 2.45) is 4.99 Å². The normalized spacial score (nSPS) is 14.7. The van der Waals surface area contributed by atoms with Crippen LogP contribution in [0.4, 0.5) is 17.1 Å². The van der Waals surface area contributed by atoms with E-state index < -0.39 is 0 Å². The number of amides is 1. The topological polar surface area (TPSA) is 80.0 Å². The minimum atomic E-state index is -0.307. The molecule has 32 heavy (non-hydrogen) atoms. The molecule has 0 aromatic heterocycles. The van der Waals surface area contributed by atoms with Gasteiger partial charge in [0.1, 0.15) is 23.0 Å². The molecule has 1 saturated heterocycles. The van der Waals surface area contributed by atoms with Crippen LogP contribution in [-0.2, 0) is 4.79 Å². The van der Waals surface area contributed by atoms with Crippen molar-refractivity contribution in [2.45, 2.75) is 6.42 Å². The lowest BCUT2D eigenvalue weighted by atomic mass is 10.2. The number of ether oxygens (including phenoxy) is 1. The van der Waals surface area contributed by atoms with E-state index in [1.807, 2.05) is 0 Å². The van der Waals surface area contributed by atoms with Crippen molar-refractivity contribution in [3.63, 3.8) is 0 Å². The molecule has 3 N–H and O–H groups in total. The Morgan fingerprint density at radius 2 is 1.56 bits per heavy atom. The molecule has 11 heteroatoms. The molecule has 0 saturated carbocycles. The summed E-state index contributed by atoms with van der Waals surface area (Å²) in [6.45, 7) is 0. The van der Waals surface area contributed by atoms with Crippen LogP contribution in [0.2, 0.25) is 25.1 Å². The number of carbonyl (C=O) groups excluding carboxylic acids is 1. The summed E-state index contributed by atoms with van der Waals surface area (Å²) in [4.78, 5) is 17.0. The van der Waals surface area contributed by atoms with Gasteiger partial charge in [-0.2, -0.15) is 0 Å². The maximum atomic E-state index is 12.6. The summed E-state index contributed by atoms with van der Waals surface area (Å²) < 4.78 is 5.82. The summed E-state index contributed by atoms with van der Waals surface area (Å²) in [6, 6.07) is 12.9. The van der Waals surface area contributed by atoms with E-state index in [0.29, 0.717) is 38.8 Å². The fourth-order valence-electron chi connectivity index (χ4n) is 2.94. The first-order valence-electron chi connectivity index (χ1n) is 9.05. The Labute approximate surface area is 208 Å². The van der Waals surface area contributed by atoms with Crippen molar-refractivity contribution < 1.29 is 9.53 Å². The highest BCUT2D eigenvalue weighted by Gasteiger charge is 2.30. The third-order valence-electron chi connectivity index (χ3n) is 4.38. The zero-order chi connectivity index (χ0) is 23.0. The van der Waals surface area contributed by atoms with Gasteiger partial charge in [-0.15, -0.1) is 0 Å². The first-order chi connectivity index (χ1) is 15.2. The Morgan fingerprint density at radius 1 is 0.906 bits per heavy atom. The molecule has 1 amide bonds. The van der Waals surface area contributed by atoms with Crippen molar-refractivity contribution in [1.29, 1.82) is 0 Å². The Balaban J connectivity index is 1.63. The van der Waals surface area contributed by atoms with E-state index in [2.05, 4.69) is 10.4 Å². The van der Waals surface area contributed by atoms with Gasteiger partial charge in [0.25, 0.3) is 5.91 Å². The van der Waals surface area contributed by atoms with Crippen LogP contribution in [0, 0.1) is 0 Å². The molecule has 3 aromatic carbocycles. The molecular formula is C21H13Cl5N4O2. The second-order valence-corrected chi connectivity index (χ2v) is 8.76. The molecule has 1 heterocycles. The van der Waals surface area contributed by atoms with Gasteiger partial charge < -0.3 is 10.5 Å². The summed E-state index contributed by atoms with van der Waals surface area (Å²) >= 11 is 31.0. The third kappa shape index (κ3) is 4.85. The maximum absolute atomic E-state index is 12.6. The molecule has 0 atom stereocenters. The Bertz CT molecular complexity index is 1220. The first-order valence-corrected chi connectivity index (χ1v) is 10.9. The zero-order valence-corrected chi connectivity index (χ0v) is 19.8. The Kier molecular flexibility index (Phi) is 6.60. The molecule has 164 valence electrons. The SMILES string of the molecule is Nc1ccc(Oc2cc(N=C3CC(=O)N(c4c(Cl)cc(Cl)cc4Cl)N3)c(Cl)cc2Cl)cc1. The summed E-state index contributed by atoms with van der Waals surface area (Å²) in [5, 5.41) is 2.58. The van der Waals surface area contributed by atoms with Crippen LogP contribution in [0.25, 0.3) is 0 Å². The Morgan fingerprint density at radius 3 is 2.22 bits per heavy atom. The number of rotatable bonds is 4. The molecular weight excluding hydrogens is 518 g/mol. The number of anilines is 2. The molecule has 0 bridgehead atoms. The first kappa shape index (κ1) is 22.8. The Hall–Kier alpha value is -2.35. The lowest BCUT2D eigenvalue weighted by Crippen LogP contribution is -2.36. The molecule has 3 aromatic rings. The van der Waals surface area contributed by atoms with Crippen LogP contribution in [0.15, 0.2) is 53.5 Å². The molecule has 0 aliphatic carbocycles. The van der Waals surface area contributed by atoms with Crippen LogP contribution >= 0.6 is 58.0 Å². The summed E-state index contributed by atoms with van der Waals surface area (Å²) in [7, 11) is 0. The van der Waals surface area contributed by atoms with Gasteiger partial charge >= 0.3 is 0 Å². The molecule has 1 aliphatic heterocycles. The molecule has 0 radical (unpaired) electrons. The minimum absolute atomic E-state index is 0.0254. The number of nitrogens with one attached hydrogen (secondary N) is 1. The molecule has 0 unspecified atom stereocenters. The monoisotopic (exact) mass is 528 g/mol. The number of hydrazine groups is 1. The summed E-state index contributed by atoms with van der Waals surface area (Å²) in [5.74, 6) is 0.901. The van der Waals surface area contributed by atoms with Gasteiger partial charge in [0, 0.05) is 16.8 Å². The fraction of sp³-hybridized carbons (Fsp3) is 0.0476. The smallest absolute Gasteiger partial charge is 0.253 e. The molecule has 4 rings (SSSR count). The minimum Gasteiger partial charge on any atom is -0.456 e. The van der Waals surface area contributed by atoms with Gasteiger partial charge in [0.05, 0.1) is 32.2 Å². The fourth-order valence-corrected chi connectivity index (χ4v) is 4.39. The number of aliphatic imine (C=N–C) groups is 1. The number of amidine groups is 1. The standard InChI is InChI=1S/C21H13Cl5N4O2/c22-10-5-15(25)21(16(26)6-10)30-20(31)9-19(29-30)28-17-8-18(14(24)7-13(17)23)32-12-3-1-11(27)2-4-12/h1-8H,9,27H2,(H,28,29). The van der Waals surface area contributed by atoms with Crippen molar-refractivity contribution in [1.82, 2.24) is 5.43 Å². The van der Waals surface area contributed by atoms with Crippen molar-refractivity contribution in [2.75, 3.05) is 10.7 Å². The van der Waals surface area contributed by atoms with Crippen molar-refractivity contribution >= 4 is 86.8 Å². The number of nitrogens with zero attached hydrogens (tertiary/aromatic N) is 2. The van der Waals surface area contributed by atoms with E-state index in [4.69, 9.17) is 68.5 Å². The van der Waals surface area contributed by atoms with Gasteiger partial charge in [-0.05, 0) is 42.5 Å². The van der Waals surface area contributed by atoms with Crippen LogP contribution in [0.3, 0.4) is 0 Å². The number of hydrogen-bond acceptors (Lipinski definition) is 4. The lowest BCUT2D eigenvalue weighted by molar-refractivity contribution is -0.116. The van der Waals surface area contributed by atoms with Gasteiger partial charge in [-0.25, -0.2) is 10.0 Å². The van der Waals surface area contributed by atoms with Gasteiger partial charge in [-0.1, -0.05) is 58.0 Å². The van der Waals surface area contributed by atoms with Crippen molar-refractivity contribution in [3.8, 4) is 11.5 Å². The zero-order valence-electron chi connectivity index (χ0n) is 16.0. The average molecular weight is 531 g/mol. The van der Waals surface area contributed by atoms with E-state index in [-0.39, 0.29) is 33.1 Å². The van der Waals surface area contributed by atoms with Crippen molar-refractivity contribution in [3.05, 3.63) is 73.6 Å². The van der Waals surface area contributed by atoms with Gasteiger partial charge in [-0.3, -0.25) is 10.2 Å². The molecule has 6 nitrogen and oxygen atoms in total. The van der Waals surface area contributed by atoms with Gasteiger partial charge in [0.15, 0.2) is 0 Å². The number of nitrogens with two attached hydrogens (primary N) is 1. The highest BCUT2D eigenvalue weighted by Crippen LogP contribution is 2.40. The van der Waals surface area contributed by atoms with E-state index >= 15 is 0 Å². The highest BCUT2D eigenvalue weighted by atomic mass is 35.5. The number of benzene rings is 3. The quantitative estimate of drug-likeness (QED) is 0.347. The number of halogens is 5. The van der Waals surface area contributed by atoms with E-state index in [9.17, 15) is 4.79 Å². The number of hydrogen-bond donors (Lipinski definition) is 2. The summed E-state index contributed by atoms with van der Waals surface area (Å²) in [5.41, 5.74) is 9.84. The largest absolute Gasteiger partial charge is 0.456 e. The van der Waals surface area contributed by atoms with E-state index in [1.165, 1.54) is 23.2 Å². The van der Waals surface area contributed by atoms with Crippen LogP contribution in [0.5, 0.6) is 11.5 Å². The highest BCUT2D eigenvalue weighted by molar-refractivity contribution is 6.43. The third-order valence-corrected chi connectivity index (χ3v) is 5.77. The second-order valence-electron chi connectivity index (χ2n) is 6.70. The van der Waals surface area contributed by atoms with Crippen LogP contribution in [-0.4, -0.2) is 11.7 Å². The van der Waals surface area contributed by atoms with Gasteiger partial charge in [0.2, 0.25) is 0 Å². The number of nitrogen functional groups attached to an aromatic ring is 1. The van der Waals surface area contributed by atoms with E-state index in [0.717, 1.165) is 0 Å². The van der Waals surface area contributed by atoms with Crippen LogP contribution in [0.1, 0.15) is 6.42 Å². The average Bonchev–Trinajstić information content (AvgIpc) is 3.06. The lowest BCUT2D eigenvalue weighted by Gasteiger charge is -2.19. The number of carbonyl (C=O) groups is 1. The molecule has 1 aliphatic rings. The predicted octanol–water partition coefficient (Wildman–Crippen LogP) is 7.30. The second kappa shape index (κ2) is 9.25. The molecule has 0 spiro atoms. The van der Waals surface area contributed by atoms with E-state index in [1.54, 1.807) is 30.3 Å². The maximum Gasteiger partial charge on any atom is 0.253 e. The molecule has 1 fully saturated rings. The summed E-state index contributed by atoms with van der Waals surface area (Å²) in [6.07, 6.45) is -0.0254. The van der Waals surface area contributed by atoms with Crippen LogP contribution < -0.4 is 20.9 Å².